The number of benzene rings is 4. The zero-order valence-electron chi connectivity index (χ0n) is 64.2. The number of carbonyl (C=O) groups excluding carboxylic acids is 1. The number of hydrogen-bond acceptors (Lipinski definition) is 11. The van der Waals surface area contributed by atoms with E-state index in [2.05, 4.69) is 179 Å². The van der Waals surface area contributed by atoms with E-state index in [0.717, 1.165) is 97.8 Å². The standard InChI is InChI=1S/3C9H10N2.C7H5IN2.C6H14NOP.C6H12NP.C5H12N2.C5H10NOP.8C2H6.CH3Br.CH4/c3*1-7-8-5-3-4-6-9(8)11(2)10-7;8-7-5-3-1-2-4-6(5)9-10-7;1-6(8)2-4-7(9)5-3-6;1-6-2-4-7(8)5-3-6;1-7-4-2-6-3-5-7;7-5-1-3-6(8)4-2-5;9*1-2;/h3*3-6H,1-2H3;1-4H,(H,9,10);8H,2-5,9H2,1H3;2H,3-5,8H2,1H3;6H,2-5H2,1H3;1-4,8H2;8*1-2H3;1H3;1H4/p+1. The molecule has 3 atom stereocenters. The number of piperazine rings is 1. The molecule has 8 heterocycles. The van der Waals surface area contributed by atoms with Gasteiger partial charge in [0.05, 0.1) is 44.7 Å². The summed E-state index contributed by atoms with van der Waals surface area (Å²) in [5.74, 6) is 2.22. The maximum atomic E-state index is 10.6. The van der Waals surface area contributed by atoms with Crippen molar-refractivity contribution in [1.82, 2.24) is 63.8 Å². The number of hydrogen-bond donors (Lipinski definition) is 3. The van der Waals surface area contributed by atoms with Gasteiger partial charge in [0.25, 0.3) is 0 Å². The van der Waals surface area contributed by atoms with Crippen LogP contribution in [0.4, 0.5) is 0 Å². The number of nitrogens with one attached hydrogen (secondary N) is 2. The van der Waals surface area contributed by atoms with Crippen LogP contribution in [0.2, 0.25) is 0 Å². The van der Waals surface area contributed by atoms with Crippen LogP contribution in [0, 0.1) is 24.5 Å². The molecule has 0 saturated carbocycles. The van der Waals surface area contributed by atoms with Crippen molar-refractivity contribution in [2.45, 2.75) is 191 Å². The number of likely N-dealkylation sites (N-methyl/N-ethyl adjacent to an activating group) is 1. The number of halogens is 2. The molecule has 0 radical (unpaired) electrons. The van der Waals surface area contributed by atoms with Gasteiger partial charge in [0.2, 0.25) is 0 Å². The van der Waals surface area contributed by atoms with Gasteiger partial charge in [-0.3, -0.25) is 37.9 Å². The molecular formula is C74H139BrIN13O2P3+. The van der Waals surface area contributed by atoms with Crippen molar-refractivity contribution < 1.29 is 11.3 Å². The summed E-state index contributed by atoms with van der Waals surface area (Å²) >= 11 is 5.17. The number of aromatic amines is 1. The van der Waals surface area contributed by atoms with Crippen LogP contribution in [0.5, 0.6) is 0 Å². The van der Waals surface area contributed by atoms with Crippen LogP contribution in [-0.2, 0) is 25.9 Å². The van der Waals surface area contributed by atoms with E-state index in [1.165, 1.54) is 69.7 Å². The van der Waals surface area contributed by atoms with Crippen LogP contribution in [0.1, 0.15) is 183 Å². The van der Waals surface area contributed by atoms with E-state index in [1.807, 2.05) is 234 Å². The average Bonchev–Trinajstić information content (AvgIpc) is 1.72. The molecule has 12 rings (SSSR count). The Balaban J connectivity index is -0.000000180. The predicted molar refractivity (Wildman–Crippen MR) is 445 cm³/mol. The lowest BCUT2D eigenvalue weighted by Gasteiger charge is -2.33. The van der Waals surface area contributed by atoms with Gasteiger partial charge in [-0.2, -0.15) is 20.4 Å². The Morgan fingerprint density at radius 1 is 0.500 bits per heavy atom. The highest BCUT2D eigenvalue weighted by Gasteiger charge is 2.25. The molecule has 0 aliphatic carbocycles. The first-order chi connectivity index (χ1) is 44.8. The van der Waals surface area contributed by atoms with Crippen molar-refractivity contribution in [3.8, 4) is 0 Å². The third-order valence-corrected chi connectivity index (χ3v) is 15.6. The lowest BCUT2D eigenvalue weighted by Crippen LogP contribution is -2.40. The molecule has 0 amide bonds. The fourth-order valence-corrected chi connectivity index (χ4v) is 9.78. The SMILES string of the molecule is C.CBr.CC.CC.CC.CC.CC.CC.CC.CC.CC1(O)CCN(P)CC1.CC1=CCN(P)CC1.CN1CCNCC1.Cc1nn(C)c2ccccc12.Cc1nn(C)c2ccccc12.Cc1nn(C)c2ccccc12.Ic1[nH]nc2ccccc12.O=C1CCN(P)CC1.[H+]. The molecule has 4 aromatic heterocycles. The Bertz CT molecular complexity index is 2720. The highest BCUT2D eigenvalue weighted by molar-refractivity contribution is 14.1. The molecule has 94 heavy (non-hydrogen) atoms. The smallest absolute Gasteiger partial charge is 0.390 e. The number of nitrogens with zero attached hydrogens (tertiary/aromatic N) is 11. The summed E-state index contributed by atoms with van der Waals surface area (Å²) in [6.07, 6.45) is 6.79. The molecular weight excluding hydrogens is 1400 g/mol. The summed E-state index contributed by atoms with van der Waals surface area (Å²) in [7, 11) is 16.0. The molecule has 20 heteroatoms. The van der Waals surface area contributed by atoms with E-state index < -0.39 is 5.60 Å². The first-order valence-corrected chi connectivity index (χ1v) is 38.4. The predicted octanol–water partition coefficient (Wildman–Crippen LogP) is 19.8. The molecule has 3 unspecified atom stereocenters. The molecule has 3 N–H and O–H groups in total. The summed E-state index contributed by atoms with van der Waals surface area (Å²) in [6, 6.07) is 32.8. The second-order valence-electron chi connectivity index (χ2n) is 19.7. The van der Waals surface area contributed by atoms with Crippen molar-refractivity contribution in [2.24, 2.45) is 21.1 Å². The molecule has 15 nitrogen and oxygen atoms in total. The number of Topliss-reactive ketones (excluding diaryl/α,β-unsaturated/α-hetero) is 1. The number of carbonyl (C=O) groups is 1. The average molecular weight is 1540 g/mol. The minimum atomic E-state index is -0.396. The monoisotopic (exact) mass is 1540 g/mol. The molecule has 540 valence electrons. The molecule has 4 aromatic carbocycles. The Hall–Kier alpha value is -3.57. The van der Waals surface area contributed by atoms with Gasteiger partial charge >= 0.3 is 1.43 Å². The molecule has 3 saturated heterocycles. The van der Waals surface area contributed by atoms with Gasteiger partial charge in [0.1, 0.15) is 9.48 Å². The summed E-state index contributed by atoms with van der Waals surface area (Å²) < 4.78 is 13.3. The molecule has 0 spiro atoms. The van der Waals surface area contributed by atoms with Crippen molar-refractivity contribution in [1.29, 1.82) is 0 Å². The minimum absolute atomic E-state index is 0. The van der Waals surface area contributed by atoms with Crippen molar-refractivity contribution in [3.63, 3.8) is 0 Å². The van der Waals surface area contributed by atoms with E-state index >= 15 is 0 Å². The van der Waals surface area contributed by atoms with E-state index in [0.29, 0.717) is 5.78 Å². The zero-order valence-corrected chi connectivity index (χ0v) is 70.4. The zero-order chi connectivity index (χ0) is 72.5. The number of alkyl halides is 1. The largest absolute Gasteiger partial charge is 1.00 e. The second kappa shape index (κ2) is 65.4. The van der Waals surface area contributed by atoms with Crippen LogP contribution in [-0.4, -0.2) is 153 Å². The Kier molecular flexibility index (Phi) is 70.6. The van der Waals surface area contributed by atoms with Gasteiger partial charge in [0.15, 0.2) is 0 Å². The van der Waals surface area contributed by atoms with Gasteiger partial charge < -0.3 is 15.3 Å². The van der Waals surface area contributed by atoms with Gasteiger partial charge in [-0.05, 0) is 114 Å². The molecule has 8 aromatic rings. The Labute approximate surface area is 606 Å². The summed E-state index contributed by atoms with van der Waals surface area (Å²) in [5.41, 5.74) is 9.07. The lowest BCUT2D eigenvalue weighted by atomic mass is 9.95. The quantitative estimate of drug-likeness (QED) is 0.0578. The number of fused-ring (bicyclic) bond motifs is 4. The number of ketones is 1. The van der Waals surface area contributed by atoms with E-state index in [1.54, 1.807) is 0 Å². The number of aromatic nitrogens is 8. The van der Waals surface area contributed by atoms with Crippen molar-refractivity contribution >= 4 is 116 Å². The van der Waals surface area contributed by atoms with Crippen LogP contribution < -0.4 is 5.32 Å². The van der Waals surface area contributed by atoms with E-state index in [9.17, 15) is 9.90 Å². The van der Waals surface area contributed by atoms with Crippen molar-refractivity contribution in [2.75, 3.05) is 78.3 Å². The van der Waals surface area contributed by atoms with Gasteiger partial charge in [-0.1, -0.05) is 247 Å². The highest BCUT2D eigenvalue weighted by atomic mass is 127. The maximum absolute atomic E-state index is 10.6. The normalized spacial score (nSPS) is 14.0. The number of rotatable bonds is 0. The fraction of sp³-hybridized carbons (Fsp3) is 0.581. The highest BCUT2D eigenvalue weighted by Crippen LogP contribution is 2.23. The molecule has 4 aliphatic heterocycles. The van der Waals surface area contributed by atoms with Crippen molar-refractivity contribution in [3.05, 3.63) is 129 Å². The second-order valence-corrected chi connectivity index (χ2v) is 23.0. The third kappa shape index (κ3) is 43.0. The van der Waals surface area contributed by atoms with Gasteiger partial charge in [0, 0.05) is 121 Å². The lowest BCUT2D eigenvalue weighted by molar-refractivity contribution is -0.120. The first kappa shape index (κ1) is 101. The van der Waals surface area contributed by atoms with E-state index in [-0.39, 0.29) is 8.85 Å². The topological polar surface area (TPSA) is 144 Å². The van der Waals surface area contributed by atoms with E-state index in [4.69, 9.17) is 0 Å². The number of aliphatic hydroxyl groups is 1. The molecule has 4 aliphatic rings. The molecule has 3 fully saturated rings. The minimum Gasteiger partial charge on any atom is -0.390 e. The van der Waals surface area contributed by atoms with Crippen LogP contribution in [0.15, 0.2) is 109 Å². The van der Waals surface area contributed by atoms with Crippen LogP contribution >= 0.6 is 66.7 Å². The number of aryl methyl sites for hydroxylation is 6. The van der Waals surface area contributed by atoms with Crippen LogP contribution in [0.3, 0.4) is 0 Å². The fourth-order valence-electron chi connectivity index (χ4n) is 8.45. The number of para-hydroxylation sites is 4. The summed E-state index contributed by atoms with van der Waals surface area (Å²) in [5, 5.41) is 37.6. The van der Waals surface area contributed by atoms with Gasteiger partial charge in [-0.15, -0.1) is 0 Å². The van der Waals surface area contributed by atoms with Gasteiger partial charge in [-0.25, -0.2) is 0 Å². The molecule has 0 bridgehead atoms. The third-order valence-electron chi connectivity index (χ3n) is 13.3. The Morgan fingerprint density at radius 2 is 0.819 bits per heavy atom. The number of H-pyrrole nitrogens is 1. The number of piperidine rings is 2. The first-order valence-electron chi connectivity index (χ1n) is 34.2. The summed E-state index contributed by atoms with van der Waals surface area (Å²) in [6.45, 7) is 53.1. The van der Waals surface area contributed by atoms with Crippen LogP contribution in [0.25, 0.3) is 43.6 Å². The Morgan fingerprint density at radius 3 is 1.10 bits per heavy atom. The maximum Gasteiger partial charge on any atom is 1.00 e. The summed E-state index contributed by atoms with van der Waals surface area (Å²) in [4.78, 5) is 12.9.